The second kappa shape index (κ2) is 15.9. The summed E-state index contributed by atoms with van der Waals surface area (Å²) in [6.45, 7) is 8.41. The third-order valence-corrected chi connectivity index (χ3v) is 5.15. The molecular formula is C20H39N5O7. The molecule has 1 saturated heterocycles. The average molecular weight is 462 g/mol. The van der Waals surface area contributed by atoms with Crippen molar-refractivity contribution in [2.45, 2.75) is 20.0 Å². The standard InChI is InChI=1S/C20H39N5O7/c1-17(26)31-15-24-8-6-22(13-19(28)12-21)4-5-23(14-20(29)30-3)7-9-25(11-10-24)16-32-18(2)27/h19,28H,4-16,21H2,1-3H3. The van der Waals surface area contributed by atoms with Crippen molar-refractivity contribution in [3.63, 3.8) is 0 Å². The minimum Gasteiger partial charge on any atom is -0.468 e. The second-order valence-corrected chi connectivity index (χ2v) is 7.81. The van der Waals surface area contributed by atoms with Crippen LogP contribution in [0.5, 0.6) is 0 Å². The zero-order valence-corrected chi connectivity index (χ0v) is 19.5. The van der Waals surface area contributed by atoms with E-state index >= 15 is 0 Å². The van der Waals surface area contributed by atoms with Crippen LogP contribution in [0.25, 0.3) is 0 Å². The average Bonchev–Trinajstić information content (AvgIpc) is 2.75. The highest BCUT2D eigenvalue weighted by Crippen LogP contribution is 2.03. The molecule has 186 valence electrons. The maximum Gasteiger partial charge on any atom is 0.319 e. The molecule has 1 heterocycles. The third-order valence-electron chi connectivity index (χ3n) is 5.15. The lowest BCUT2D eigenvalue weighted by Gasteiger charge is -2.34. The molecule has 1 rings (SSSR count). The molecule has 1 fully saturated rings. The fourth-order valence-electron chi connectivity index (χ4n) is 3.16. The van der Waals surface area contributed by atoms with E-state index in [-0.39, 0.29) is 44.5 Å². The van der Waals surface area contributed by atoms with Crippen LogP contribution in [-0.2, 0) is 28.6 Å². The van der Waals surface area contributed by atoms with E-state index in [1.54, 1.807) is 0 Å². The predicted octanol–water partition coefficient (Wildman–Crippen LogP) is -2.26. The molecule has 12 nitrogen and oxygen atoms in total. The third kappa shape index (κ3) is 12.9. The van der Waals surface area contributed by atoms with Crippen molar-refractivity contribution < 1.29 is 33.7 Å². The summed E-state index contributed by atoms with van der Waals surface area (Å²) in [6.07, 6.45) is -0.655. The van der Waals surface area contributed by atoms with Crippen LogP contribution in [0.15, 0.2) is 0 Å². The predicted molar refractivity (Wildman–Crippen MR) is 116 cm³/mol. The number of ether oxygens (including phenoxy) is 3. The van der Waals surface area contributed by atoms with Gasteiger partial charge in [0.2, 0.25) is 0 Å². The van der Waals surface area contributed by atoms with Gasteiger partial charge in [-0.3, -0.25) is 34.0 Å². The number of methoxy groups -OCH3 is 1. The molecule has 32 heavy (non-hydrogen) atoms. The summed E-state index contributed by atoms with van der Waals surface area (Å²) in [5.41, 5.74) is 5.59. The van der Waals surface area contributed by atoms with Gasteiger partial charge >= 0.3 is 17.9 Å². The molecular weight excluding hydrogens is 422 g/mol. The van der Waals surface area contributed by atoms with Gasteiger partial charge in [0.15, 0.2) is 0 Å². The monoisotopic (exact) mass is 461 g/mol. The molecule has 0 aromatic rings. The fourth-order valence-corrected chi connectivity index (χ4v) is 3.16. The number of rotatable bonds is 9. The van der Waals surface area contributed by atoms with E-state index in [1.807, 2.05) is 14.7 Å². The first-order chi connectivity index (χ1) is 15.2. The van der Waals surface area contributed by atoms with Gasteiger partial charge in [-0.25, -0.2) is 0 Å². The van der Waals surface area contributed by atoms with Crippen molar-refractivity contribution in [2.24, 2.45) is 5.73 Å². The van der Waals surface area contributed by atoms with Gasteiger partial charge in [0.25, 0.3) is 0 Å². The fraction of sp³-hybridized carbons (Fsp3) is 0.850. The SMILES string of the molecule is COC(=O)CN1CCN(COC(C)=O)CCN(COC(C)=O)CCN(CC(O)CN)CC1. The van der Waals surface area contributed by atoms with Gasteiger partial charge < -0.3 is 25.1 Å². The van der Waals surface area contributed by atoms with Crippen LogP contribution in [0.1, 0.15) is 13.8 Å². The summed E-state index contributed by atoms with van der Waals surface area (Å²) in [5.74, 6) is -1.06. The molecule has 0 bridgehead atoms. The number of nitrogens with two attached hydrogens (primary N) is 1. The normalized spacial score (nSPS) is 19.4. The molecule has 3 N–H and O–H groups in total. The van der Waals surface area contributed by atoms with Gasteiger partial charge in [0, 0.05) is 79.3 Å². The molecule has 12 heteroatoms. The number of hydrogen-bond donors (Lipinski definition) is 2. The molecule has 1 aliphatic heterocycles. The molecule has 0 aromatic carbocycles. The minimum atomic E-state index is -0.655. The summed E-state index contributed by atoms with van der Waals surface area (Å²) in [7, 11) is 1.35. The Kier molecular flexibility index (Phi) is 14.0. The van der Waals surface area contributed by atoms with Gasteiger partial charge in [-0.15, -0.1) is 0 Å². The van der Waals surface area contributed by atoms with Gasteiger partial charge in [0.05, 0.1) is 19.8 Å². The lowest BCUT2D eigenvalue weighted by molar-refractivity contribution is -0.148. The van der Waals surface area contributed by atoms with Crippen molar-refractivity contribution in [1.82, 2.24) is 19.6 Å². The highest BCUT2D eigenvalue weighted by molar-refractivity contribution is 5.71. The minimum absolute atomic E-state index is 0.137. The Labute approximate surface area is 190 Å². The van der Waals surface area contributed by atoms with Gasteiger partial charge in [0.1, 0.15) is 13.5 Å². The van der Waals surface area contributed by atoms with E-state index in [2.05, 4.69) is 4.90 Å². The number of hydrogen-bond acceptors (Lipinski definition) is 12. The first-order valence-corrected chi connectivity index (χ1v) is 10.8. The molecule has 0 spiro atoms. The van der Waals surface area contributed by atoms with Crippen LogP contribution in [0.2, 0.25) is 0 Å². The molecule has 0 aromatic heterocycles. The largest absolute Gasteiger partial charge is 0.468 e. The first kappa shape index (κ1) is 28.2. The van der Waals surface area contributed by atoms with E-state index in [1.165, 1.54) is 21.0 Å². The first-order valence-electron chi connectivity index (χ1n) is 10.8. The zero-order valence-electron chi connectivity index (χ0n) is 19.5. The Morgan fingerprint density at radius 3 is 1.59 bits per heavy atom. The van der Waals surface area contributed by atoms with Gasteiger partial charge in [-0.05, 0) is 0 Å². The molecule has 0 aliphatic carbocycles. The van der Waals surface area contributed by atoms with Crippen molar-refractivity contribution in [3.05, 3.63) is 0 Å². The number of carbonyl (C=O) groups is 3. The van der Waals surface area contributed by atoms with Crippen LogP contribution in [-0.4, -0.2) is 141 Å². The van der Waals surface area contributed by atoms with Crippen LogP contribution in [0, 0.1) is 0 Å². The van der Waals surface area contributed by atoms with Crippen molar-refractivity contribution >= 4 is 17.9 Å². The highest BCUT2D eigenvalue weighted by atomic mass is 16.5. The molecule has 1 unspecified atom stereocenters. The van der Waals surface area contributed by atoms with Crippen LogP contribution in [0.4, 0.5) is 0 Å². The second-order valence-electron chi connectivity index (χ2n) is 7.81. The Hall–Kier alpha value is -1.83. The van der Waals surface area contributed by atoms with E-state index in [0.29, 0.717) is 58.9 Å². The molecule has 1 atom stereocenters. The van der Waals surface area contributed by atoms with E-state index in [4.69, 9.17) is 19.9 Å². The lowest BCUT2D eigenvalue weighted by Crippen LogP contribution is -2.49. The Morgan fingerprint density at radius 2 is 1.22 bits per heavy atom. The Bertz CT molecular complexity index is 581. The Morgan fingerprint density at radius 1 is 0.812 bits per heavy atom. The number of nitrogens with zero attached hydrogens (tertiary/aromatic N) is 4. The summed E-state index contributed by atoms with van der Waals surface area (Å²) < 4.78 is 15.2. The lowest BCUT2D eigenvalue weighted by atomic mass is 10.3. The van der Waals surface area contributed by atoms with Crippen molar-refractivity contribution in [2.75, 3.05) is 92.6 Å². The van der Waals surface area contributed by atoms with Crippen LogP contribution >= 0.6 is 0 Å². The zero-order chi connectivity index (χ0) is 23.9. The van der Waals surface area contributed by atoms with Crippen LogP contribution in [0.3, 0.4) is 0 Å². The van der Waals surface area contributed by atoms with E-state index in [0.717, 1.165) is 0 Å². The summed E-state index contributed by atoms with van der Waals surface area (Å²) in [5, 5.41) is 10.0. The number of carbonyl (C=O) groups excluding carboxylic acids is 3. The molecule has 0 saturated carbocycles. The van der Waals surface area contributed by atoms with Crippen molar-refractivity contribution in [3.8, 4) is 0 Å². The quantitative estimate of drug-likeness (QED) is 0.283. The number of β-amino-alcohol motifs (C(OH)–C–C–N with tert-alkyl or cyclic N) is 1. The van der Waals surface area contributed by atoms with Crippen LogP contribution < -0.4 is 5.73 Å². The van der Waals surface area contributed by atoms with Gasteiger partial charge in [-0.2, -0.15) is 0 Å². The topological polar surface area (TPSA) is 138 Å². The van der Waals surface area contributed by atoms with E-state index in [9.17, 15) is 19.5 Å². The highest BCUT2D eigenvalue weighted by Gasteiger charge is 2.20. The summed E-state index contributed by atoms with van der Waals surface area (Å²) in [4.78, 5) is 42.5. The summed E-state index contributed by atoms with van der Waals surface area (Å²) in [6, 6.07) is 0. The summed E-state index contributed by atoms with van der Waals surface area (Å²) >= 11 is 0. The number of aliphatic hydroxyl groups is 1. The molecule has 1 aliphatic rings. The number of esters is 3. The maximum atomic E-state index is 11.9. The number of aliphatic hydroxyl groups excluding tert-OH is 1. The Balaban J connectivity index is 2.92. The van der Waals surface area contributed by atoms with E-state index < -0.39 is 6.10 Å². The molecule has 0 amide bonds. The smallest absolute Gasteiger partial charge is 0.319 e. The van der Waals surface area contributed by atoms with Gasteiger partial charge in [-0.1, -0.05) is 0 Å². The van der Waals surface area contributed by atoms with Crippen molar-refractivity contribution in [1.29, 1.82) is 0 Å². The molecule has 0 radical (unpaired) electrons. The maximum absolute atomic E-state index is 11.9.